The van der Waals surface area contributed by atoms with Crippen LogP contribution in [0.1, 0.15) is 239 Å². The highest BCUT2D eigenvalue weighted by Gasteiger charge is 2.13. The molecule has 0 aliphatic carbocycles. The summed E-state index contributed by atoms with van der Waals surface area (Å²) < 4.78 is 11.2. The van der Waals surface area contributed by atoms with Crippen LogP contribution in [0.25, 0.3) is 0 Å². The minimum Gasteiger partial charge on any atom is -0.457 e. The predicted molar refractivity (Wildman–Crippen MR) is 219 cm³/mol. The number of rotatable bonds is 42. The summed E-state index contributed by atoms with van der Waals surface area (Å²) in [5.74, 6) is -0.197. The van der Waals surface area contributed by atoms with Gasteiger partial charge in [-0.2, -0.15) is 0 Å². The molecule has 296 valence electrons. The first-order valence-corrected chi connectivity index (χ1v) is 22.4. The lowest BCUT2D eigenvalue weighted by molar-refractivity contribution is -0.154. The summed E-state index contributed by atoms with van der Waals surface area (Å²) in [4.78, 5) is 12.2. The smallest absolute Gasteiger partial charge is 0.306 e. The zero-order valence-corrected chi connectivity index (χ0v) is 33.9. The minimum absolute atomic E-state index is 0.167. The first-order chi connectivity index (χ1) is 24.7. The van der Waals surface area contributed by atoms with Gasteiger partial charge in [0.15, 0.2) is 0 Å². The van der Waals surface area contributed by atoms with Gasteiger partial charge < -0.3 is 14.6 Å². The molecule has 1 unspecified atom stereocenters. The molecule has 50 heavy (non-hydrogen) atoms. The summed E-state index contributed by atoms with van der Waals surface area (Å²) in [5.41, 5.74) is 0. The Bertz CT molecular complexity index is 702. The molecule has 4 nitrogen and oxygen atoms in total. The van der Waals surface area contributed by atoms with E-state index in [-0.39, 0.29) is 12.6 Å². The average Bonchev–Trinajstić information content (AvgIpc) is 3.12. The molecule has 0 heterocycles. The van der Waals surface area contributed by atoms with Crippen molar-refractivity contribution in [3.63, 3.8) is 0 Å². The molecule has 1 N–H and O–H groups in total. The molecular weight excluding hydrogens is 617 g/mol. The van der Waals surface area contributed by atoms with Crippen molar-refractivity contribution in [2.24, 2.45) is 0 Å². The summed E-state index contributed by atoms with van der Waals surface area (Å²) >= 11 is 0. The third-order valence-electron chi connectivity index (χ3n) is 10.0. The van der Waals surface area contributed by atoms with Crippen LogP contribution < -0.4 is 0 Å². The molecule has 0 saturated carbocycles. The van der Waals surface area contributed by atoms with Gasteiger partial charge in [0.05, 0.1) is 13.2 Å². The van der Waals surface area contributed by atoms with Gasteiger partial charge in [0.2, 0.25) is 0 Å². The number of ether oxygens (including phenoxy) is 2. The molecule has 0 fully saturated rings. The molecule has 0 amide bonds. The summed E-state index contributed by atoms with van der Waals surface area (Å²) in [5, 5.41) is 9.60. The minimum atomic E-state index is -0.530. The summed E-state index contributed by atoms with van der Waals surface area (Å²) in [6, 6.07) is 0. The Morgan fingerprint density at radius 2 is 0.840 bits per heavy atom. The highest BCUT2D eigenvalue weighted by Crippen LogP contribution is 2.15. The van der Waals surface area contributed by atoms with E-state index in [9.17, 15) is 9.90 Å². The lowest BCUT2D eigenvalue weighted by Gasteiger charge is -2.16. The van der Waals surface area contributed by atoms with Crippen molar-refractivity contribution in [1.29, 1.82) is 0 Å². The first kappa shape index (κ1) is 48.9. The van der Waals surface area contributed by atoms with Gasteiger partial charge in [0.1, 0.15) is 6.10 Å². The van der Waals surface area contributed by atoms with Crippen LogP contribution in [-0.4, -0.2) is 37.0 Å². The number of hydrogen-bond acceptors (Lipinski definition) is 4. The van der Waals surface area contributed by atoms with Crippen molar-refractivity contribution in [2.45, 2.75) is 245 Å². The number of unbranched alkanes of at least 4 members (excludes halogenated alkanes) is 30. The van der Waals surface area contributed by atoms with Gasteiger partial charge in [-0.05, 0) is 44.9 Å². The number of aliphatic hydroxyl groups excluding tert-OH is 1. The lowest BCUT2D eigenvalue weighted by Crippen LogP contribution is -2.27. The maximum absolute atomic E-state index is 12.2. The second-order valence-electron chi connectivity index (χ2n) is 15.1. The van der Waals surface area contributed by atoms with E-state index < -0.39 is 6.10 Å². The summed E-state index contributed by atoms with van der Waals surface area (Å²) in [6.07, 6.45) is 53.9. The van der Waals surface area contributed by atoms with Gasteiger partial charge in [0, 0.05) is 13.0 Å². The fourth-order valence-electron chi connectivity index (χ4n) is 6.65. The van der Waals surface area contributed by atoms with Crippen LogP contribution in [0, 0.1) is 0 Å². The van der Waals surface area contributed by atoms with Crippen LogP contribution in [0.15, 0.2) is 24.3 Å². The van der Waals surface area contributed by atoms with Crippen molar-refractivity contribution >= 4 is 5.97 Å². The van der Waals surface area contributed by atoms with E-state index in [0.717, 1.165) is 25.7 Å². The van der Waals surface area contributed by atoms with Crippen molar-refractivity contribution in [3.05, 3.63) is 24.3 Å². The quantitative estimate of drug-likeness (QED) is 0.0390. The molecule has 0 aromatic rings. The Kier molecular flexibility index (Phi) is 43.0. The first-order valence-electron chi connectivity index (χ1n) is 22.4. The van der Waals surface area contributed by atoms with E-state index in [1.54, 1.807) is 0 Å². The molecule has 0 spiro atoms. The van der Waals surface area contributed by atoms with Crippen molar-refractivity contribution in [1.82, 2.24) is 0 Å². The van der Waals surface area contributed by atoms with Crippen LogP contribution >= 0.6 is 0 Å². The van der Waals surface area contributed by atoms with Gasteiger partial charge >= 0.3 is 5.97 Å². The Morgan fingerprint density at radius 1 is 0.480 bits per heavy atom. The number of allylic oxidation sites excluding steroid dienone is 4. The van der Waals surface area contributed by atoms with Crippen molar-refractivity contribution in [3.8, 4) is 0 Å². The number of esters is 1. The highest BCUT2D eigenvalue weighted by atomic mass is 16.6. The number of aliphatic hydroxyl groups is 1. The Hall–Kier alpha value is -1.13. The molecule has 1 atom stereocenters. The monoisotopic (exact) mass is 705 g/mol. The Labute approximate surface area is 313 Å². The van der Waals surface area contributed by atoms with Crippen LogP contribution in [0.2, 0.25) is 0 Å². The third-order valence-corrected chi connectivity index (χ3v) is 10.0. The molecule has 0 radical (unpaired) electrons. The number of hydrogen-bond donors (Lipinski definition) is 1. The molecule has 0 aromatic carbocycles. The van der Waals surface area contributed by atoms with Gasteiger partial charge in [-0.3, -0.25) is 4.79 Å². The van der Waals surface area contributed by atoms with Crippen LogP contribution in [0.5, 0.6) is 0 Å². The fraction of sp³-hybridized carbons (Fsp3) is 0.891. The molecule has 0 aromatic heterocycles. The van der Waals surface area contributed by atoms with Gasteiger partial charge in [-0.25, -0.2) is 0 Å². The number of carbonyl (C=O) groups is 1. The topological polar surface area (TPSA) is 55.8 Å². The van der Waals surface area contributed by atoms with Gasteiger partial charge in [-0.15, -0.1) is 0 Å². The predicted octanol–water partition coefficient (Wildman–Crippen LogP) is 14.7. The van der Waals surface area contributed by atoms with Gasteiger partial charge in [-0.1, -0.05) is 212 Å². The molecule has 0 aliphatic heterocycles. The molecular formula is C46H88O4. The third kappa shape index (κ3) is 41.3. The molecule has 0 rings (SSSR count). The zero-order chi connectivity index (χ0) is 36.3. The SMILES string of the molecule is CCCCCCC/C=C\C/C=C\CCCCCCCCCCCCCCOCC(CO)OC(=O)CCCCCCCCCCCCCCCC. The largest absolute Gasteiger partial charge is 0.457 e. The Balaban J connectivity index is 3.37. The molecule has 0 saturated heterocycles. The van der Waals surface area contributed by atoms with Gasteiger partial charge in [0.25, 0.3) is 0 Å². The molecule has 0 aliphatic rings. The summed E-state index contributed by atoms with van der Waals surface area (Å²) in [7, 11) is 0. The lowest BCUT2D eigenvalue weighted by atomic mass is 10.0. The van der Waals surface area contributed by atoms with E-state index in [1.807, 2.05) is 0 Å². The molecule has 4 heteroatoms. The fourth-order valence-corrected chi connectivity index (χ4v) is 6.65. The maximum Gasteiger partial charge on any atom is 0.306 e. The van der Waals surface area contributed by atoms with E-state index in [2.05, 4.69) is 38.2 Å². The van der Waals surface area contributed by atoms with Crippen LogP contribution in [0.3, 0.4) is 0 Å². The number of carbonyl (C=O) groups excluding carboxylic acids is 1. The van der Waals surface area contributed by atoms with E-state index in [0.29, 0.717) is 19.6 Å². The zero-order valence-electron chi connectivity index (χ0n) is 33.9. The second kappa shape index (κ2) is 44.0. The second-order valence-corrected chi connectivity index (χ2v) is 15.1. The molecule has 0 bridgehead atoms. The normalized spacial score (nSPS) is 12.5. The standard InChI is InChI=1S/C46H88O4/c1-3-5-7-9-11-13-15-17-19-20-21-22-23-24-25-26-27-28-30-32-34-36-38-40-42-49-44-45(43-47)50-46(48)41-39-37-35-33-31-29-18-16-14-12-10-8-6-4-2/h15,17,20-21,45,47H,3-14,16,18-19,22-44H2,1-2H3/b17-15-,21-20-. The maximum atomic E-state index is 12.2. The van der Waals surface area contributed by atoms with E-state index >= 15 is 0 Å². The van der Waals surface area contributed by atoms with Crippen molar-refractivity contribution in [2.75, 3.05) is 19.8 Å². The average molecular weight is 705 g/mol. The van der Waals surface area contributed by atoms with Crippen LogP contribution in [-0.2, 0) is 14.3 Å². The van der Waals surface area contributed by atoms with E-state index in [1.165, 1.54) is 193 Å². The van der Waals surface area contributed by atoms with Crippen molar-refractivity contribution < 1.29 is 19.4 Å². The Morgan fingerprint density at radius 3 is 1.24 bits per heavy atom. The van der Waals surface area contributed by atoms with Crippen LogP contribution in [0.4, 0.5) is 0 Å². The highest BCUT2D eigenvalue weighted by molar-refractivity contribution is 5.69. The summed E-state index contributed by atoms with van der Waals surface area (Å²) in [6.45, 7) is 5.37. The van der Waals surface area contributed by atoms with E-state index in [4.69, 9.17) is 9.47 Å².